The van der Waals surface area contributed by atoms with Crippen molar-refractivity contribution in [2.45, 2.75) is 38.1 Å². The van der Waals surface area contributed by atoms with Crippen LogP contribution < -0.4 is 5.32 Å². The number of halogens is 1. The van der Waals surface area contributed by atoms with Gasteiger partial charge in [0, 0.05) is 10.9 Å². The molecule has 1 aromatic carbocycles. The van der Waals surface area contributed by atoms with Crippen molar-refractivity contribution >= 4 is 23.5 Å². The minimum atomic E-state index is -1.06. The van der Waals surface area contributed by atoms with E-state index >= 15 is 0 Å². The summed E-state index contributed by atoms with van der Waals surface area (Å²) in [6, 6.07) is 5.49. The zero-order chi connectivity index (χ0) is 14.5. The maximum Gasteiger partial charge on any atom is 0.330 e. The summed E-state index contributed by atoms with van der Waals surface area (Å²) in [6.45, 7) is 0. The molecule has 0 bridgehead atoms. The highest BCUT2D eigenvalue weighted by atomic mass is 35.5. The lowest BCUT2D eigenvalue weighted by molar-refractivity contribution is -0.142. The molecule has 0 heterocycles. The first-order valence-corrected chi connectivity index (χ1v) is 7.24. The van der Waals surface area contributed by atoms with Gasteiger partial charge < -0.3 is 10.4 Å². The van der Waals surface area contributed by atoms with Crippen LogP contribution in [0.4, 0.5) is 0 Å². The van der Waals surface area contributed by atoms with Gasteiger partial charge in [-0.3, -0.25) is 4.79 Å². The SMILES string of the molecule is O=C(NC(C(=O)O)c1ccc(Cl)cc1)C1CCCCC1. The van der Waals surface area contributed by atoms with E-state index < -0.39 is 12.0 Å². The molecule has 4 nitrogen and oxygen atoms in total. The number of carboxylic acids is 1. The van der Waals surface area contributed by atoms with Gasteiger partial charge in [-0.1, -0.05) is 43.0 Å². The lowest BCUT2D eigenvalue weighted by atomic mass is 9.88. The van der Waals surface area contributed by atoms with Crippen LogP contribution in [0.3, 0.4) is 0 Å². The van der Waals surface area contributed by atoms with Gasteiger partial charge in [0.05, 0.1) is 0 Å². The third kappa shape index (κ3) is 3.73. The van der Waals surface area contributed by atoms with E-state index in [1.807, 2.05) is 0 Å². The van der Waals surface area contributed by atoms with Crippen LogP contribution >= 0.6 is 11.6 Å². The molecular weight excluding hydrogens is 278 g/mol. The lowest BCUT2D eigenvalue weighted by Crippen LogP contribution is -2.38. The number of amides is 1. The van der Waals surface area contributed by atoms with E-state index in [-0.39, 0.29) is 11.8 Å². The molecule has 1 saturated carbocycles. The van der Waals surface area contributed by atoms with Crippen LogP contribution in [-0.4, -0.2) is 17.0 Å². The van der Waals surface area contributed by atoms with Crippen LogP contribution in [0.1, 0.15) is 43.7 Å². The number of aliphatic carboxylic acids is 1. The zero-order valence-electron chi connectivity index (χ0n) is 11.1. The van der Waals surface area contributed by atoms with E-state index in [0.717, 1.165) is 32.1 Å². The predicted octanol–water partition coefficient (Wildman–Crippen LogP) is 3.16. The fourth-order valence-corrected chi connectivity index (χ4v) is 2.69. The summed E-state index contributed by atoms with van der Waals surface area (Å²) in [5.74, 6) is -1.28. The topological polar surface area (TPSA) is 66.4 Å². The van der Waals surface area contributed by atoms with E-state index in [1.54, 1.807) is 24.3 Å². The van der Waals surface area contributed by atoms with Gasteiger partial charge in [-0.25, -0.2) is 4.79 Å². The first-order valence-electron chi connectivity index (χ1n) is 6.86. The Morgan fingerprint density at radius 3 is 2.30 bits per heavy atom. The molecule has 1 aromatic rings. The van der Waals surface area contributed by atoms with Gasteiger partial charge in [-0.05, 0) is 30.5 Å². The predicted molar refractivity (Wildman–Crippen MR) is 76.5 cm³/mol. The van der Waals surface area contributed by atoms with Crippen molar-refractivity contribution in [1.82, 2.24) is 5.32 Å². The normalized spacial score (nSPS) is 17.4. The smallest absolute Gasteiger partial charge is 0.330 e. The van der Waals surface area contributed by atoms with Gasteiger partial charge in [0.2, 0.25) is 5.91 Å². The summed E-state index contributed by atoms with van der Waals surface area (Å²) in [5.41, 5.74) is 0.533. The maximum atomic E-state index is 12.2. The van der Waals surface area contributed by atoms with Crippen LogP contribution in [0.15, 0.2) is 24.3 Å². The Morgan fingerprint density at radius 2 is 1.75 bits per heavy atom. The Balaban J connectivity index is 2.07. The molecule has 0 saturated heterocycles. The zero-order valence-corrected chi connectivity index (χ0v) is 11.9. The average molecular weight is 296 g/mol. The van der Waals surface area contributed by atoms with Gasteiger partial charge in [0.25, 0.3) is 0 Å². The van der Waals surface area contributed by atoms with Crippen molar-refractivity contribution in [2.75, 3.05) is 0 Å². The summed E-state index contributed by atoms with van der Waals surface area (Å²) in [5, 5.41) is 12.5. The van der Waals surface area contributed by atoms with E-state index in [1.165, 1.54) is 0 Å². The molecule has 0 aliphatic heterocycles. The van der Waals surface area contributed by atoms with Gasteiger partial charge in [0.1, 0.15) is 0 Å². The second-order valence-corrected chi connectivity index (χ2v) is 5.60. The molecule has 108 valence electrons. The number of benzene rings is 1. The minimum absolute atomic E-state index is 0.0575. The molecule has 20 heavy (non-hydrogen) atoms. The molecule has 0 radical (unpaired) electrons. The van der Waals surface area contributed by atoms with Crippen molar-refractivity contribution in [3.05, 3.63) is 34.9 Å². The van der Waals surface area contributed by atoms with Gasteiger partial charge in [-0.2, -0.15) is 0 Å². The maximum absolute atomic E-state index is 12.2. The standard InChI is InChI=1S/C15H18ClNO3/c16-12-8-6-10(7-9-12)13(15(19)20)17-14(18)11-4-2-1-3-5-11/h6-9,11,13H,1-5H2,(H,17,18)(H,19,20). The lowest BCUT2D eigenvalue weighted by Gasteiger charge is -2.23. The van der Waals surface area contributed by atoms with E-state index in [9.17, 15) is 14.7 Å². The number of hydrogen-bond donors (Lipinski definition) is 2. The second kappa shape index (κ2) is 6.75. The van der Waals surface area contributed by atoms with Crippen molar-refractivity contribution < 1.29 is 14.7 Å². The third-order valence-electron chi connectivity index (χ3n) is 3.71. The molecular formula is C15H18ClNO3. The molecule has 1 amide bonds. The minimum Gasteiger partial charge on any atom is -0.479 e. The Bertz CT molecular complexity index is 480. The van der Waals surface area contributed by atoms with Gasteiger partial charge in [0.15, 0.2) is 6.04 Å². The Hall–Kier alpha value is -1.55. The fraction of sp³-hybridized carbons (Fsp3) is 0.467. The molecule has 5 heteroatoms. The summed E-state index contributed by atoms with van der Waals surface area (Å²) < 4.78 is 0. The first kappa shape index (κ1) is 14.9. The van der Waals surface area contributed by atoms with Crippen molar-refractivity contribution in [3.63, 3.8) is 0 Å². The van der Waals surface area contributed by atoms with Crippen LogP contribution in [-0.2, 0) is 9.59 Å². The number of hydrogen-bond acceptors (Lipinski definition) is 2. The molecule has 1 atom stereocenters. The Morgan fingerprint density at radius 1 is 1.15 bits per heavy atom. The molecule has 1 aliphatic carbocycles. The van der Waals surface area contributed by atoms with Crippen LogP contribution in [0, 0.1) is 5.92 Å². The highest BCUT2D eigenvalue weighted by Crippen LogP contribution is 2.25. The van der Waals surface area contributed by atoms with Gasteiger partial charge >= 0.3 is 5.97 Å². The average Bonchev–Trinajstić information content (AvgIpc) is 2.46. The van der Waals surface area contributed by atoms with E-state index in [2.05, 4.69) is 5.32 Å². The number of carbonyl (C=O) groups is 2. The first-order chi connectivity index (χ1) is 9.58. The summed E-state index contributed by atoms with van der Waals surface area (Å²) >= 11 is 5.79. The third-order valence-corrected chi connectivity index (χ3v) is 3.96. The number of carboxylic acid groups (broad SMARTS) is 1. The molecule has 2 rings (SSSR count). The quantitative estimate of drug-likeness (QED) is 0.896. The molecule has 1 fully saturated rings. The van der Waals surface area contributed by atoms with E-state index in [0.29, 0.717) is 10.6 Å². The van der Waals surface area contributed by atoms with E-state index in [4.69, 9.17) is 11.6 Å². The summed E-state index contributed by atoms with van der Waals surface area (Å²) in [7, 11) is 0. The van der Waals surface area contributed by atoms with Crippen molar-refractivity contribution in [2.24, 2.45) is 5.92 Å². The Labute approximate surface area is 123 Å². The second-order valence-electron chi connectivity index (χ2n) is 5.17. The molecule has 0 spiro atoms. The number of rotatable bonds is 4. The largest absolute Gasteiger partial charge is 0.479 e. The molecule has 2 N–H and O–H groups in total. The number of carbonyl (C=O) groups excluding carboxylic acids is 1. The Kier molecular flexibility index (Phi) is 5.01. The van der Waals surface area contributed by atoms with Crippen LogP contribution in [0.25, 0.3) is 0 Å². The summed E-state index contributed by atoms with van der Waals surface area (Å²) in [4.78, 5) is 23.5. The molecule has 0 aromatic heterocycles. The van der Waals surface area contributed by atoms with Crippen LogP contribution in [0.2, 0.25) is 5.02 Å². The highest BCUT2D eigenvalue weighted by molar-refractivity contribution is 6.30. The molecule has 1 aliphatic rings. The molecule has 1 unspecified atom stereocenters. The van der Waals surface area contributed by atoms with Crippen molar-refractivity contribution in [1.29, 1.82) is 0 Å². The van der Waals surface area contributed by atoms with Crippen molar-refractivity contribution in [3.8, 4) is 0 Å². The fourth-order valence-electron chi connectivity index (χ4n) is 2.57. The monoisotopic (exact) mass is 295 g/mol. The van der Waals surface area contributed by atoms with Gasteiger partial charge in [-0.15, -0.1) is 0 Å². The number of nitrogens with one attached hydrogen (secondary N) is 1. The highest BCUT2D eigenvalue weighted by Gasteiger charge is 2.27. The summed E-state index contributed by atoms with van der Waals surface area (Å²) in [6.07, 6.45) is 4.93. The van der Waals surface area contributed by atoms with Crippen LogP contribution in [0.5, 0.6) is 0 Å².